The average Bonchev–Trinajstić information content (AvgIpc) is 3.11. The van der Waals surface area contributed by atoms with Crippen LogP contribution in [0.25, 0.3) is 11.8 Å². The zero-order valence-corrected chi connectivity index (χ0v) is 13.9. The van der Waals surface area contributed by atoms with Gasteiger partial charge in [0.1, 0.15) is 5.82 Å². The number of nitrogen functional groups attached to an aromatic ring is 1. The lowest BCUT2D eigenvalue weighted by molar-refractivity contribution is -0.134. The summed E-state index contributed by atoms with van der Waals surface area (Å²) in [5.41, 5.74) is 8.69. The molecular formula is C19H23N3O2. The van der Waals surface area contributed by atoms with Crippen LogP contribution in [0.1, 0.15) is 49.4 Å². The van der Waals surface area contributed by atoms with Gasteiger partial charge in [-0.25, -0.2) is 9.78 Å². The number of hydrogen-bond acceptors (Lipinski definition) is 4. The lowest BCUT2D eigenvalue weighted by atomic mass is 9.88. The summed E-state index contributed by atoms with van der Waals surface area (Å²) in [7, 11) is 1.36. The van der Waals surface area contributed by atoms with E-state index in [9.17, 15) is 4.79 Å². The normalized spacial score (nSPS) is 15.7. The molecular weight excluding hydrogens is 302 g/mol. The number of anilines is 1. The number of nitrogens with zero attached hydrogens (tertiary/aromatic N) is 2. The third kappa shape index (κ3) is 3.50. The number of carbonyl (C=O) groups excluding carboxylic acids is 1. The van der Waals surface area contributed by atoms with Gasteiger partial charge in [-0.1, -0.05) is 25.3 Å². The van der Waals surface area contributed by atoms with Crippen LogP contribution in [0.4, 0.5) is 5.69 Å². The lowest BCUT2D eigenvalue weighted by Gasteiger charge is -2.22. The number of methoxy groups -OCH3 is 1. The first-order valence-corrected chi connectivity index (χ1v) is 8.38. The Labute approximate surface area is 142 Å². The van der Waals surface area contributed by atoms with Gasteiger partial charge in [-0.15, -0.1) is 0 Å². The molecule has 2 N–H and O–H groups in total. The molecule has 0 radical (unpaired) electrons. The maximum atomic E-state index is 11.3. The molecule has 0 atom stereocenters. The number of benzene rings is 1. The molecule has 2 aromatic rings. The van der Waals surface area contributed by atoms with Crippen LogP contribution in [-0.2, 0) is 9.53 Å². The van der Waals surface area contributed by atoms with Crippen LogP contribution in [0.3, 0.4) is 0 Å². The van der Waals surface area contributed by atoms with Gasteiger partial charge in [0, 0.05) is 24.4 Å². The van der Waals surface area contributed by atoms with E-state index in [0.717, 1.165) is 17.1 Å². The first-order chi connectivity index (χ1) is 11.7. The maximum Gasteiger partial charge on any atom is 0.330 e. The van der Waals surface area contributed by atoms with Crippen molar-refractivity contribution < 1.29 is 9.53 Å². The van der Waals surface area contributed by atoms with Crippen LogP contribution < -0.4 is 5.73 Å². The maximum absolute atomic E-state index is 11.3. The fourth-order valence-electron chi connectivity index (χ4n) is 3.29. The Hall–Kier alpha value is -2.56. The molecule has 24 heavy (non-hydrogen) atoms. The molecule has 0 spiro atoms. The quantitative estimate of drug-likeness (QED) is 0.529. The minimum Gasteiger partial charge on any atom is -0.466 e. The third-order valence-electron chi connectivity index (χ3n) is 4.57. The molecule has 126 valence electrons. The zero-order chi connectivity index (χ0) is 16.9. The van der Waals surface area contributed by atoms with Crippen molar-refractivity contribution in [1.82, 2.24) is 9.55 Å². The SMILES string of the molecule is COC(=O)/C=C/c1ccc(N)c(-n2ccnc2C2CCCCC2)c1. The fourth-order valence-corrected chi connectivity index (χ4v) is 3.29. The molecule has 0 bridgehead atoms. The van der Waals surface area contributed by atoms with Crippen LogP contribution in [0, 0.1) is 0 Å². The Morgan fingerprint density at radius 2 is 2.12 bits per heavy atom. The lowest BCUT2D eigenvalue weighted by Crippen LogP contribution is -2.12. The summed E-state index contributed by atoms with van der Waals surface area (Å²) in [6, 6.07) is 5.72. The summed E-state index contributed by atoms with van der Waals surface area (Å²) in [6.45, 7) is 0. The first-order valence-electron chi connectivity index (χ1n) is 8.38. The topological polar surface area (TPSA) is 70.1 Å². The standard InChI is InChI=1S/C19H23N3O2/c1-24-18(23)10-8-14-7-9-16(20)17(13-14)22-12-11-21-19(22)15-5-3-2-4-6-15/h7-13,15H,2-6,20H2,1H3/b10-8+. The third-order valence-corrected chi connectivity index (χ3v) is 4.57. The number of imidazole rings is 1. The highest BCUT2D eigenvalue weighted by atomic mass is 16.5. The summed E-state index contributed by atoms with van der Waals surface area (Å²) in [6.07, 6.45) is 13.1. The second-order valence-corrected chi connectivity index (χ2v) is 6.17. The van der Waals surface area contributed by atoms with Crippen molar-refractivity contribution in [3.05, 3.63) is 48.1 Å². The van der Waals surface area contributed by atoms with Crippen molar-refractivity contribution in [2.45, 2.75) is 38.0 Å². The number of ether oxygens (including phenoxy) is 1. The van der Waals surface area contributed by atoms with E-state index in [-0.39, 0.29) is 5.97 Å². The number of esters is 1. The van der Waals surface area contributed by atoms with Gasteiger partial charge in [-0.3, -0.25) is 0 Å². The van der Waals surface area contributed by atoms with E-state index in [1.807, 2.05) is 30.6 Å². The Morgan fingerprint density at radius 3 is 2.88 bits per heavy atom. The van der Waals surface area contributed by atoms with Gasteiger partial charge in [0.05, 0.1) is 18.5 Å². The number of rotatable bonds is 4. The Bertz CT molecular complexity index is 743. The molecule has 1 aliphatic rings. The summed E-state index contributed by atoms with van der Waals surface area (Å²) in [4.78, 5) is 15.9. The molecule has 0 unspecified atom stereocenters. The van der Waals surface area contributed by atoms with Crippen molar-refractivity contribution in [3.63, 3.8) is 0 Å². The molecule has 1 heterocycles. The fraction of sp³-hybridized carbons (Fsp3) is 0.368. The van der Waals surface area contributed by atoms with Crippen molar-refractivity contribution in [3.8, 4) is 5.69 Å². The van der Waals surface area contributed by atoms with E-state index in [4.69, 9.17) is 5.73 Å². The van der Waals surface area contributed by atoms with Gasteiger partial charge in [0.2, 0.25) is 0 Å². The Balaban J connectivity index is 1.93. The van der Waals surface area contributed by atoms with Crippen LogP contribution in [0.2, 0.25) is 0 Å². The highest BCUT2D eigenvalue weighted by Gasteiger charge is 2.21. The minimum atomic E-state index is -0.376. The summed E-state index contributed by atoms with van der Waals surface area (Å²) >= 11 is 0. The smallest absolute Gasteiger partial charge is 0.330 e. The molecule has 0 amide bonds. The van der Waals surface area contributed by atoms with E-state index in [2.05, 4.69) is 14.3 Å². The van der Waals surface area contributed by atoms with Gasteiger partial charge < -0.3 is 15.0 Å². The molecule has 1 fully saturated rings. The first kappa shape index (κ1) is 16.3. The van der Waals surface area contributed by atoms with E-state index < -0.39 is 0 Å². The zero-order valence-electron chi connectivity index (χ0n) is 13.9. The second-order valence-electron chi connectivity index (χ2n) is 6.17. The molecule has 5 heteroatoms. The Morgan fingerprint density at radius 1 is 1.33 bits per heavy atom. The van der Waals surface area contributed by atoms with Crippen LogP contribution in [0.15, 0.2) is 36.7 Å². The van der Waals surface area contributed by atoms with Crippen LogP contribution >= 0.6 is 0 Å². The summed E-state index contributed by atoms with van der Waals surface area (Å²) < 4.78 is 6.72. The average molecular weight is 325 g/mol. The Kier molecular flexibility index (Phi) is 4.99. The van der Waals surface area contributed by atoms with E-state index in [1.54, 1.807) is 6.08 Å². The predicted molar refractivity (Wildman–Crippen MR) is 94.9 cm³/mol. The van der Waals surface area contributed by atoms with Gasteiger partial charge in [0.15, 0.2) is 0 Å². The van der Waals surface area contributed by atoms with Gasteiger partial charge in [-0.2, -0.15) is 0 Å². The number of aromatic nitrogens is 2. The molecule has 0 saturated heterocycles. The summed E-state index contributed by atoms with van der Waals surface area (Å²) in [5.74, 6) is 1.19. The van der Waals surface area contributed by atoms with Crippen LogP contribution in [0.5, 0.6) is 0 Å². The molecule has 5 nitrogen and oxygen atoms in total. The highest BCUT2D eigenvalue weighted by molar-refractivity contribution is 5.87. The predicted octanol–water partition coefficient (Wildman–Crippen LogP) is 3.69. The van der Waals surface area contributed by atoms with Crippen LogP contribution in [-0.4, -0.2) is 22.6 Å². The number of carbonyl (C=O) groups is 1. The van der Waals surface area contributed by atoms with Crippen molar-refractivity contribution in [1.29, 1.82) is 0 Å². The van der Waals surface area contributed by atoms with Crippen molar-refractivity contribution >= 4 is 17.7 Å². The minimum absolute atomic E-state index is 0.376. The molecule has 3 rings (SSSR count). The van der Waals surface area contributed by atoms with Crippen molar-refractivity contribution in [2.75, 3.05) is 12.8 Å². The van der Waals surface area contributed by atoms with Gasteiger partial charge in [-0.05, 0) is 36.6 Å². The monoisotopic (exact) mass is 325 g/mol. The molecule has 1 aromatic carbocycles. The molecule has 0 aliphatic heterocycles. The largest absolute Gasteiger partial charge is 0.466 e. The van der Waals surface area contributed by atoms with E-state index in [1.165, 1.54) is 45.3 Å². The molecule has 1 aromatic heterocycles. The molecule has 1 aliphatic carbocycles. The summed E-state index contributed by atoms with van der Waals surface area (Å²) in [5, 5.41) is 0. The molecule has 1 saturated carbocycles. The number of nitrogens with two attached hydrogens (primary N) is 1. The van der Waals surface area contributed by atoms with E-state index >= 15 is 0 Å². The van der Waals surface area contributed by atoms with Crippen molar-refractivity contribution in [2.24, 2.45) is 0 Å². The van der Waals surface area contributed by atoms with Gasteiger partial charge in [0.25, 0.3) is 0 Å². The highest BCUT2D eigenvalue weighted by Crippen LogP contribution is 2.33. The van der Waals surface area contributed by atoms with E-state index in [0.29, 0.717) is 11.6 Å². The number of hydrogen-bond donors (Lipinski definition) is 1. The second kappa shape index (κ2) is 7.34. The van der Waals surface area contributed by atoms with Gasteiger partial charge >= 0.3 is 5.97 Å².